The highest BCUT2D eigenvalue weighted by Crippen LogP contribution is 2.52. The molecule has 3 aliphatic rings. The molecule has 2 heterocycles. The Morgan fingerprint density at radius 3 is 2.43 bits per heavy atom. The predicted molar refractivity (Wildman–Crippen MR) is 116 cm³/mol. The number of nitrogens with one attached hydrogen (secondary N) is 1. The number of ether oxygens (including phenoxy) is 1. The van der Waals surface area contributed by atoms with Gasteiger partial charge < -0.3 is 19.4 Å². The van der Waals surface area contributed by atoms with Gasteiger partial charge in [0.05, 0.1) is 6.10 Å². The number of halogens is 5. The topological polar surface area (TPSA) is 67.6 Å². The molecule has 11 heteroatoms. The third-order valence-electron chi connectivity index (χ3n) is 7.14. The summed E-state index contributed by atoms with van der Waals surface area (Å²) >= 11 is 0. The number of nitrogens with zero attached hydrogens (tertiary/aromatic N) is 2. The number of hydrogen-bond donors (Lipinski definition) is 1. The molecule has 0 bridgehead atoms. The van der Waals surface area contributed by atoms with E-state index in [0.717, 1.165) is 44.2 Å². The van der Waals surface area contributed by atoms with Crippen molar-refractivity contribution in [2.45, 2.75) is 70.2 Å². The SMILES string of the molecule is CC1(C)CCCN1c1nc(C(=O)Nc2cc(F)c(OC3CC4CC4C3)c(F)c2)c(CC(F)(F)F)o1. The quantitative estimate of drug-likeness (QED) is 0.504. The van der Waals surface area contributed by atoms with Crippen LogP contribution < -0.4 is 15.0 Å². The smallest absolute Gasteiger partial charge is 0.396 e. The molecule has 0 spiro atoms. The first-order valence-corrected chi connectivity index (χ1v) is 11.7. The van der Waals surface area contributed by atoms with Gasteiger partial charge >= 0.3 is 6.18 Å². The van der Waals surface area contributed by atoms with Gasteiger partial charge in [-0.15, -0.1) is 0 Å². The summed E-state index contributed by atoms with van der Waals surface area (Å²) in [5, 5.41) is 2.24. The van der Waals surface area contributed by atoms with E-state index in [1.54, 1.807) is 4.90 Å². The van der Waals surface area contributed by atoms with Crippen molar-refractivity contribution in [2.24, 2.45) is 11.8 Å². The van der Waals surface area contributed by atoms with Gasteiger partial charge in [-0.25, -0.2) is 8.78 Å². The number of anilines is 2. The minimum absolute atomic E-state index is 0.0902. The molecule has 1 aromatic carbocycles. The number of carbonyl (C=O) groups is 1. The first kappa shape index (κ1) is 23.9. The molecular formula is C24H26F5N3O3. The third kappa shape index (κ3) is 4.95. The molecule has 2 atom stereocenters. The third-order valence-corrected chi connectivity index (χ3v) is 7.14. The summed E-state index contributed by atoms with van der Waals surface area (Å²) < 4.78 is 79.6. The highest BCUT2D eigenvalue weighted by molar-refractivity contribution is 6.03. The van der Waals surface area contributed by atoms with Crippen LogP contribution in [0.15, 0.2) is 16.5 Å². The highest BCUT2D eigenvalue weighted by atomic mass is 19.4. The minimum Gasteiger partial charge on any atom is -0.484 e. The van der Waals surface area contributed by atoms with E-state index in [9.17, 15) is 26.7 Å². The van der Waals surface area contributed by atoms with Crippen LogP contribution in [0.3, 0.4) is 0 Å². The first-order chi connectivity index (χ1) is 16.4. The monoisotopic (exact) mass is 499 g/mol. The zero-order valence-corrected chi connectivity index (χ0v) is 19.3. The fourth-order valence-electron chi connectivity index (χ4n) is 5.25. The summed E-state index contributed by atoms with van der Waals surface area (Å²) in [6.45, 7) is 4.31. The lowest BCUT2D eigenvalue weighted by atomic mass is 10.0. The Morgan fingerprint density at radius 1 is 1.20 bits per heavy atom. The second kappa shape index (κ2) is 8.37. The van der Waals surface area contributed by atoms with Crippen molar-refractivity contribution in [1.29, 1.82) is 0 Å². The Kier molecular flexibility index (Phi) is 5.71. The second-order valence-electron chi connectivity index (χ2n) is 10.3. The van der Waals surface area contributed by atoms with Gasteiger partial charge in [-0.3, -0.25) is 4.79 Å². The van der Waals surface area contributed by atoms with Gasteiger partial charge in [0, 0.05) is 29.9 Å². The number of aromatic nitrogens is 1. The molecule has 35 heavy (non-hydrogen) atoms. The van der Waals surface area contributed by atoms with Gasteiger partial charge in [0.25, 0.3) is 11.9 Å². The number of fused-ring (bicyclic) bond motifs is 1. The number of benzene rings is 1. The molecule has 1 amide bonds. The lowest BCUT2D eigenvalue weighted by molar-refractivity contribution is -0.130. The number of carbonyl (C=O) groups excluding carboxylic acids is 1. The van der Waals surface area contributed by atoms with E-state index >= 15 is 0 Å². The Morgan fingerprint density at radius 2 is 1.86 bits per heavy atom. The molecule has 2 unspecified atom stereocenters. The van der Waals surface area contributed by atoms with Crippen molar-refractivity contribution in [2.75, 3.05) is 16.8 Å². The maximum atomic E-state index is 14.6. The van der Waals surface area contributed by atoms with Crippen LogP contribution in [0, 0.1) is 23.5 Å². The molecule has 0 radical (unpaired) electrons. The zero-order valence-electron chi connectivity index (χ0n) is 19.3. The molecular weight excluding hydrogens is 473 g/mol. The van der Waals surface area contributed by atoms with Crippen LogP contribution >= 0.6 is 0 Å². The van der Waals surface area contributed by atoms with Crippen LogP contribution in [0.4, 0.5) is 33.7 Å². The van der Waals surface area contributed by atoms with E-state index in [1.165, 1.54) is 0 Å². The van der Waals surface area contributed by atoms with Gasteiger partial charge in [0.2, 0.25) is 0 Å². The van der Waals surface area contributed by atoms with Crippen molar-refractivity contribution < 1.29 is 35.9 Å². The maximum Gasteiger partial charge on any atom is 0.396 e. The van der Waals surface area contributed by atoms with E-state index < -0.39 is 52.9 Å². The minimum atomic E-state index is -4.65. The molecule has 2 saturated carbocycles. The molecule has 5 rings (SSSR count). The zero-order chi connectivity index (χ0) is 25.1. The van der Waals surface area contributed by atoms with Gasteiger partial charge in [0.15, 0.2) is 23.1 Å². The standard InChI is InChI=1S/C24H26F5N3O3/c1-23(2)4-3-5-32(23)22-31-19(18(35-22)11-24(27,28)29)21(33)30-14-9-16(25)20(17(26)10-14)34-15-7-12-6-13(12)8-15/h9-10,12-13,15H,3-8,11H2,1-2H3,(H,30,33). The molecule has 6 nitrogen and oxygen atoms in total. The number of rotatable bonds is 6. The first-order valence-electron chi connectivity index (χ1n) is 11.7. The lowest BCUT2D eigenvalue weighted by Gasteiger charge is -2.29. The largest absolute Gasteiger partial charge is 0.484 e. The molecule has 190 valence electrons. The van der Waals surface area contributed by atoms with E-state index in [2.05, 4.69) is 10.3 Å². The average Bonchev–Trinajstić information content (AvgIpc) is 3.05. The molecule has 2 aliphatic carbocycles. The Bertz CT molecular complexity index is 1110. The van der Waals surface area contributed by atoms with Crippen molar-refractivity contribution >= 4 is 17.6 Å². The number of amides is 1. The van der Waals surface area contributed by atoms with Crippen LogP contribution in [0.2, 0.25) is 0 Å². The second-order valence-corrected chi connectivity index (χ2v) is 10.3. The molecule has 2 aromatic rings. The molecule has 1 saturated heterocycles. The van der Waals surface area contributed by atoms with Crippen molar-refractivity contribution in [3.05, 3.63) is 35.2 Å². The van der Waals surface area contributed by atoms with Crippen LogP contribution in [0.5, 0.6) is 5.75 Å². The Labute approximate surface area is 198 Å². The van der Waals surface area contributed by atoms with E-state index in [4.69, 9.17) is 9.15 Å². The van der Waals surface area contributed by atoms with Crippen molar-refractivity contribution in [3.8, 4) is 5.75 Å². The molecule has 3 fully saturated rings. The van der Waals surface area contributed by atoms with Gasteiger partial charge in [-0.1, -0.05) is 0 Å². The average molecular weight is 499 g/mol. The van der Waals surface area contributed by atoms with Crippen LogP contribution in [-0.4, -0.2) is 35.3 Å². The maximum absolute atomic E-state index is 14.6. The Hall–Kier alpha value is -2.85. The summed E-state index contributed by atoms with van der Waals surface area (Å²) in [4.78, 5) is 18.6. The summed E-state index contributed by atoms with van der Waals surface area (Å²) in [5.74, 6) is -3.12. The highest BCUT2D eigenvalue weighted by Gasteiger charge is 2.47. The number of alkyl halides is 3. The van der Waals surface area contributed by atoms with Crippen molar-refractivity contribution in [1.82, 2.24) is 4.98 Å². The summed E-state index contributed by atoms with van der Waals surface area (Å²) in [6, 6.07) is 1.66. The summed E-state index contributed by atoms with van der Waals surface area (Å²) in [6.07, 6.45) is -2.19. The summed E-state index contributed by atoms with van der Waals surface area (Å²) in [5.41, 5.74) is -1.25. The van der Waals surface area contributed by atoms with E-state index in [0.29, 0.717) is 18.4 Å². The van der Waals surface area contributed by atoms with E-state index in [1.807, 2.05) is 13.8 Å². The lowest BCUT2D eigenvalue weighted by Crippen LogP contribution is -2.38. The van der Waals surface area contributed by atoms with Crippen molar-refractivity contribution in [3.63, 3.8) is 0 Å². The van der Waals surface area contributed by atoms with Crippen LogP contribution in [-0.2, 0) is 6.42 Å². The van der Waals surface area contributed by atoms with Gasteiger partial charge in [-0.05, 0) is 57.8 Å². The molecule has 1 aromatic heterocycles. The fraction of sp³-hybridized carbons (Fsp3) is 0.583. The Balaban J connectivity index is 1.36. The van der Waals surface area contributed by atoms with E-state index in [-0.39, 0.29) is 17.8 Å². The van der Waals surface area contributed by atoms with Crippen LogP contribution in [0.25, 0.3) is 0 Å². The molecule has 1 aliphatic heterocycles. The normalized spacial score (nSPS) is 25.0. The van der Waals surface area contributed by atoms with Crippen LogP contribution in [0.1, 0.15) is 62.2 Å². The summed E-state index contributed by atoms with van der Waals surface area (Å²) in [7, 11) is 0. The predicted octanol–water partition coefficient (Wildman–Crippen LogP) is 5.87. The number of hydrogen-bond acceptors (Lipinski definition) is 5. The van der Waals surface area contributed by atoms with Gasteiger partial charge in [0.1, 0.15) is 12.2 Å². The van der Waals surface area contributed by atoms with Gasteiger partial charge in [-0.2, -0.15) is 18.2 Å². The number of oxazole rings is 1. The molecule has 1 N–H and O–H groups in total. The fourth-order valence-corrected chi connectivity index (χ4v) is 5.25.